The number of nitrogens with zero attached hydrogens (tertiary/aromatic N) is 2. The molecule has 5 heteroatoms. The van der Waals surface area contributed by atoms with Gasteiger partial charge >= 0.3 is 0 Å². The van der Waals surface area contributed by atoms with E-state index in [0.717, 1.165) is 17.7 Å². The molecule has 25 heavy (non-hydrogen) atoms. The monoisotopic (exact) mass is 346 g/mol. The molecule has 2 rings (SSSR count). The summed E-state index contributed by atoms with van der Waals surface area (Å²) in [5, 5.41) is 0. The SMILES string of the molecule is CCN(Cc1ccccc1)C(=O)CN(C)C(C)c1cc(F)ccc1F. The highest BCUT2D eigenvalue weighted by Gasteiger charge is 2.21. The Hall–Kier alpha value is -2.27. The summed E-state index contributed by atoms with van der Waals surface area (Å²) >= 11 is 0. The van der Waals surface area contributed by atoms with E-state index >= 15 is 0 Å². The molecule has 0 fully saturated rings. The van der Waals surface area contributed by atoms with E-state index in [1.165, 1.54) is 6.07 Å². The Balaban J connectivity index is 2.03. The fraction of sp³-hybridized carbons (Fsp3) is 0.350. The molecule has 0 saturated heterocycles. The average molecular weight is 346 g/mol. The molecule has 0 aliphatic heterocycles. The predicted molar refractivity (Wildman–Crippen MR) is 94.9 cm³/mol. The number of halogens is 2. The first kappa shape index (κ1) is 19.1. The van der Waals surface area contributed by atoms with Crippen LogP contribution in [-0.2, 0) is 11.3 Å². The van der Waals surface area contributed by atoms with E-state index in [1.807, 2.05) is 37.3 Å². The summed E-state index contributed by atoms with van der Waals surface area (Å²) in [7, 11) is 1.74. The molecular formula is C20H24F2N2O. The summed E-state index contributed by atoms with van der Waals surface area (Å²) in [6.45, 7) is 4.95. The molecule has 2 aromatic rings. The Bertz CT molecular complexity index is 706. The van der Waals surface area contributed by atoms with Crippen molar-refractivity contribution in [1.29, 1.82) is 0 Å². The molecule has 1 amide bonds. The van der Waals surface area contributed by atoms with E-state index < -0.39 is 17.7 Å². The highest BCUT2D eigenvalue weighted by atomic mass is 19.1. The minimum atomic E-state index is -0.484. The molecule has 3 nitrogen and oxygen atoms in total. The zero-order chi connectivity index (χ0) is 18.4. The lowest BCUT2D eigenvalue weighted by molar-refractivity contribution is -0.133. The molecule has 0 aliphatic carbocycles. The number of likely N-dealkylation sites (N-methyl/N-ethyl adjacent to an activating group) is 2. The minimum absolute atomic E-state index is 0.0440. The topological polar surface area (TPSA) is 23.6 Å². The van der Waals surface area contributed by atoms with Crippen LogP contribution in [0.25, 0.3) is 0 Å². The summed E-state index contributed by atoms with van der Waals surface area (Å²) in [5.74, 6) is -0.996. The molecule has 0 aliphatic rings. The van der Waals surface area contributed by atoms with E-state index in [0.29, 0.717) is 13.1 Å². The van der Waals surface area contributed by atoms with Crippen LogP contribution in [0.1, 0.15) is 31.0 Å². The van der Waals surface area contributed by atoms with Gasteiger partial charge in [-0.2, -0.15) is 0 Å². The van der Waals surface area contributed by atoms with Crippen molar-refractivity contribution in [2.45, 2.75) is 26.4 Å². The maximum absolute atomic E-state index is 13.9. The van der Waals surface area contributed by atoms with Gasteiger partial charge in [-0.3, -0.25) is 9.69 Å². The molecule has 134 valence electrons. The van der Waals surface area contributed by atoms with Crippen molar-refractivity contribution in [3.63, 3.8) is 0 Å². The van der Waals surface area contributed by atoms with Crippen molar-refractivity contribution >= 4 is 5.91 Å². The third kappa shape index (κ3) is 5.10. The first-order chi connectivity index (χ1) is 11.9. The number of rotatable bonds is 7. The largest absolute Gasteiger partial charge is 0.338 e. The van der Waals surface area contributed by atoms with Gasteiger partial charge in [0.1, 0.15) is 11.6 Å². The Morgan fingerprint density at radius 3 is 2.44 bits per heavy atom. The summed E-state index contributed by atoms with van der Waals surface area (Å²) < 4.78 is 27.3. The Kier molecular flexibility index (Phi) is 6.65. The number of hydrogen-bond acceptors (Lipinski definition) is 2. The standard InChI is InChI=1S/C20H24F2N2O/c1-4-24(13-16-8-6-5-7-9-16)20(25)14-23(3)15(2)18-12-17(21)10-11-19(18)22/h5-12,15H,4,13-14H2,1-3H3. The van der Waals surface area contributed by atoms with Crippen LogP contribution in [0.15, 0.2) is 48.5 Å². The fourth-order valence-corrected chi connectivity index (χ4v) is 2.70. The molecule has 0 heterocycles. The zero-order valence-electron chi connectivity index (χ0n) is 14.9. The van der Waals surface area contributed by atoms with Crippen molar-refractivity contribution in [2.75, 3.05) is 20.1 Å². The third-order valence-electron chi connectivity index (χ3n) is 4.40. The Morgan fingerprint density at radius 2 is 1.80 bits per heavy atom. The van der Waals surface area contributed by atoms with Crippen molar-refractivity contribution in [2.24, 2.45) is 0 Å². The molecule has 0 bridgehead atoms. The normalized spacial score (nSPS) is 12.2. The van der Waals surface area contributed by atoms with Crippen LogP contribution in [0.3, 0.4) is 0 Å². The van der Waals surface area contributed by atoms with Gasteiger partial charge < -0.3 is 4.90 Å². The molecule has 0 N–H and O–H groups in total. The molecule has 0 radical (unpaired) electrons. The highest BCUT2D eigenvalue weighted by Crippen LogP contribution is 2.22. The van der Waals surface area contributed by atoms with E-state index in [-0.39, 0.29) is 18.0 Å². The Labute approximate surface area is 147 Å². The molecule has 0 aromatic heterocycles. The van der Waals surface area contributed by atoms with E-state index in [2.05, 4.69) is 0 Å². The van der Waals surface area contributed by atoms with E-state index in [1.54, 1.807) is 23.8 Å². The van der Waals surface area contributed by atoms with Gasteiger partial charge in [-0.25, -0.2) is 8.78 Å². The summed E-state index contributed by atoms with van der Waals surface area (Å²) in [6.07, 6.45) is 0. The van der Waals surface area contributed by atoms with Crippen LogP contribution < -0.4 is 0 Å². The highest BCUT2D eigenvalue weighted by molar-refractivity contribution is 5.78. The third-order valence-corrected chi connectivity index (χ3v) is 4.40. The van der Waals surface area contributed by atoms with Gasteiger partial charge in [-0.15, -0.1) is 0 Å². The lowest BCUT2D eigenvalue weighted by atomic mass is 10.1. The summed E-state index contributed by atoms with van der Waals surface area (Å²) in [6, 6.07) is 12.8. The molecule has 0 spiro atoms. The second-order valence-electron chi connectivity index (χ2n) is 6.15. The molecule has 0 saturated carbocycles. The molecular weight excluding hydrogens is 322 g/mol. The molecule has 2 aromatic carbocycles. The Morgan fingerprint density at radius 1 is 1.12 bits per heavy atom. The first-order valence-electron chi connectivity index (χ1n) is 8.39. The first-order valence-corrected chi connectivity index (χ1v) is 8.39. The second-order valence-corrected chi connectivity index (χ2v) is 6.15. The summed E-state index contributed by atoms with van der Waals surface area (Å²) in [5.41, 5.74) is 1.31. The number of amides is 1. The minimum Gasteiger partial charge on any atom is -0.338 e. The van der Waals surface area contributed by atoms with E-state index in [9.17, 15) is 13.6 Å². The maximum atomic E-state index is 13.9. The van der Waals surface area contributed by atoms with Gasteiger partial charge in [0.15, 0.2) is 0 Å². The van der Waals surface area contributed by atoms with Crippen molar-refractivity contribution in [3.05, 3.63) is 71.3 Å². The van der Waals surface area contributed by atoms with E-state index in [4.69, 9.17) is 0 Å². The zero-order valence-corrected chi connectivity index (χ0v) is 14.9. The lowest BCUT2D eigenvalue weighted by Crippen LogP contribution is -2.39. The van der Waals surface area contributed by atoms with Crippen LogP contribution >= 0.6 is 0 Å². The van der Waals surface area contributed by atoms with Gasteiger partial charge in [0.25, 0.3) is 0 Å². The maximum Gasteiger partial charge on any atom is 0.237 e. The van der Waals surface area contributed by atoms with Crippen molar-refractivity contribution in [1.82, 2.24) is 9.80 Å². The quantitative estimate of drug-likeness (QED) is 0.756. The number of carbonyl (C=O) groups excluding carboxylic acids is 1. The number of carbonyl (C=O) groups is 1. The summed E-state index contributed by atoms with van der Waals surface area (Å²) in [4.78, 5) is 16.1. The van der Waals surface area contributed by atoms with Crippen molar-refractivity contribution in [3.8, 4) is 0 Å². The van der Waals surface area contributed by atoms with Crippen LogP contribution in [-0.4, -0.2) is 35.8 Å². The predicted octanol–water partition coefficient (Wildman–Crippen LogP) is 4.01. The number of hydrogen-bond donors (Lipinski definition) is 0. The van der Waals surface area contributed by atoms with Gasteiger partial charge in [-0.1, -0.05) is 30.3 Å². The van der Waals surface area contributed by atoms with Gasteiger partial charge in [0.05, 0.1) is 6.54 Å². The van der Waals surface area contributed by atoms with Gasteiger partial charge in [-0.05, 0) is 44.7 Å². The smallest absolute Gasteiger partial charge is 0.237 e. The van der Waals surface area contributed by atoms with Crippen LogP contribution in [0, 0.1) is 11.6 Å². The average Bonchev–Trinajstić information content (AvgIpc) is 2.61. The van der Waals surface area contributed by atoms with Crippen LogP contribution in [0.5, 0.6) is 0 Å². The number of benzene rings is 2. The van der Waals surface area contributed by atoms with Gasteiger partial charge in [0.2, 0.25) is 5.91 Å². The van der Waals surface area contributed by atoms with Crippen LogP contribution in [0.2, 0.25) is 0 Å². The fourth-order valence-electron chi connectivity index (χ4n) is 2.70. The second kappa shape index (κ2) is 8.72. The molecule has 1 atom stereocenters. The molecule has 1 unspecified atom stereocenters. The van der Waals surface area contributed by atoms with Crippen LogP contribution in [0.4, 0.5) is 8.78 Å². The lowest BCUT2D eigenvalue weighted by Gasteiger charge is -2.28. The van der Waals surface area contributed by atoms with Crippen molar-refractivity contribution < 1.29 is 13.6 Å². The van der Waals surface area contributed by atoms with Gasteiger partial charge in [0, 0.05) is 24.7 Å².